The molecule has 7 heteroatoms. The Balaban J connectivity index is 0. The summed E-state index contributed by atoms with van der Waals surface area (Å²) in [5.41, 5.74) is 9.51. The predicted octanol–water partition coefficient (Wildman–Crippen LogP) is 1.17. The first-order chi connectivity index (χ1) is 12.6. The fourth-order valence-corrected chi connectivity index (χ4v) is 2.71. The average Bonchev–Trinajstić information content (AvgIpc) is 2.82. The molecule has 4 aliphatic rings. The molecule has 0 aromatic rings. The Morgan fingerprint density at radius 2 is 1.17 bits per heavy atom. The molecule has 0 aromatic carbocycles. The molecule has 4 rings (SSSR count). The van der Waals surface area contributed by atoms with E-state index in [1.54, 1.807) is 49.3 Å². The Hall–Kier alpha value is -0.837. The molecule has 0 atom stereocenters. The van der Waals surface area contributed by atoms with Gasteiger partial charge in [-0.05, 0) is 42.0 Å². The molecule has 0 amide bonds. The first-order valence-corrected chi connectivity index (χ1v) is 9.07. The zero-order valence-corrected chi connectivity index (χ0v) is 21.2. The van der Waals surface area contributed by atoms with Gasteiger partial charge in [0.25, 0.3) is 0 Å². The number of hydrogen-bond acceptors (Lipinski definition) is 0. The molecular weight excluding hydrogens is 653 g/mol. The third kappa shape index (κ3) is 11.2. The van der Waals surface area contributed by atoms with Gasteiger partial charge in [-0.15, -0.1) is 11.5 Å². The van der Waals surface area contributed by atoms with Crippen molar-refractivity contribution in [2.24, 2.45) is 0 Å². The molecule has 0 aromatic heterocycles. The summed E-state index contributed by atoms with van der Waals surface area (Å²) in [5, 5.41) is 2.70. The SMILES string of the molecule is ClC1=C=C(Cl)C2=CC=CC=C[C]12.ClC1=CC=C=C[CH]1.ClC1=CC=C=C[CH]1.[Bi+2].[F-].[F-]. The third-order valence-corrected chi connectivity index (χ3v) is 4.19. The number of rotatable bonds is 0. The van der Waals surface area contributed by atoms with Gasteiger partial charge in [0.15, 0.2) is 0 Å². The van der Waals surface area contributed by atoms with Gasteiger partial charge >= 0.3 is 26.2 Å². The van der Waals surface area contributed by atoms with Gasteiger partial charge < -0.3 is 9.41 Å². The second-order valence-electron chi connectivity index (χ2n) is 4.93. The van der Waals surface area contributed by atoms with Crippen molar-refractivity contribution in [3.63, 3.8) is 0 Å². The summed E-state index contributed by atoms with van der Waals surface area (Å²) in [4.78, 5) is 0. The molecule has 0 saturated carbocycles. The minimum absolute atomic E-state index is 0. The van der Waals surface area contributed by atoms with Gasteiger partial charge in [0.2, 0.25) is 0 Å². The number of allylic oxidation sites excluding steroid dienone is 13. The molecule has 4 aliphatic carbocycles. The van der Waals surface area contributed by atoms with Gasteiger partial charge in [0.05, 0.1) is 16.0 Å². The topological polar surface area (TPSA) is 0 Å². The third-order valence-electron chi connectivity index (χ3n) is 3.09. The molecule has 0 heterocycles. The molecule has 0 nitrogen and oxygen atoms in total. The van der Waals surface area contributed by atoms with Crippen molar-refractivity contribution in [1.82, 2.24) is 0 Å². The van der Waals surface area contributed by atoms with Crippen LogP contribution in [0.25, 0.3) is 0 Å². The summed E-state index contributed by atoms with van der Waals surface area (Å²) >= 11 is 22.8. The van der Waals surface area contributed by atoms with Crippen molar-refractivity contribution in [2.75, 3.05) is 0 Å². The molecule has 0 unspecified atom stereocenters. The van der Waals surface area contributed by atoms with Gasteiger partial charge in [0.1, 0.15) is 0 Å². The van der Waals surface area contributed by atoms with E-state index in [4.69, 9.17) is 46.4 Å². The molecule has 0 fully saturated rings. The monoisotopic (exact) mass is 664 g/mol. The van der Waals surface area contributed by atoms with E-state index in [0.717, 1.165) is 21.6 Å². The van der Waals surface area contributed by atoms with Gasteiger partial charge in [-0.1, -0.05) is 82.5 Å². The Morgan fingerprint density at radius 1 is 0.621 bits per heavy atom. The van der Waals surface area contributed by atoms with Crippen LogP contribution >= 0.6 is 46.4 Å². The zero-order valence-electron chi connectivity index (χ0n) is 14.7. The maximum Gasteiger partial charge on any atom is 2.00 e. The van der Waals surface area contributed by atoms with Crippen molar-refractivity contribution >= 4 is 72.6 Å². The second kappa shape index (κ2) is 16.9. The molecule has 0 N–H and O–H groups in total. The first kappa shape index (κ1) is 30.4. The zero-order chi connectivity index (χ0) is 18.8. The van der Waals surface area contributed by atoms with Crippen molar-refractivity contribution in [1.29, 1.82) is 0 Å². The first-order valence-electron chi connectivity index (χ1n) is 7.56. The van der Waals surface area contributed by atoms with Crippen molar-refractivity contribution in [3.05, 3.63) is 128 Å². The van der Waals surface area contributed by atoms with E-state index < -0.39 is 0 Å². The molecule has 0 bridgehead atoms. The van der Waals surface area contributed by atoms with Crippen LogP contribution in [0.15, 0.2) is 110 Å². The smallest absolute Gasteiger partial charge is 1.00 e. The van der Waals surface area contributed by atoms with E-state index >= 15 is 0 Å². The van der Waals surface area contributed by atoms with Gasteiger partial charge in [-0.2, -0.15) is 0 Å². The predicted molar refractivity (Wildman–Crippen MR) is 119 cm³/mol. The Bertz CT molecular complexity index is 863. The molecule has 29 heavy (non-hydrogen) atoms. The van der Waals surface area contributed by atoms with E-state index in [2.05, 4.69) is 17.2 Å². The fourth-order valence-electron chi connectivity index (χ4n) is 1.89. The van der Waals surface area contributed by atoms with Gasteiger partial charge in [-0.3, -0.25) is 0 Å². The summed E-state index contributed by atoms with van der Waals surface area (Å²) in [6, 6.07) is 0. The average molecular weight is 666 g/mol. The molecule has 0 saturated heterocycles. The van der Waals surface area contributed by atoms with E-state index in [9.17, 15) is 0 Å². The number of hydrogen-bond donors (Lipinski definition) is 0. The van der Waals surface area contributed by atoms with Crippen molar-refractivity contribution in [3.8, 4) is 0 Å². The Labute approximate surface area is 209 Å². The molecular formula is C22H13BiCl4F2. The molecule has 0 aliphatic heterocycles. The van der Waals surface area contributed by atoms with Crippen LogP contribution in [-0.2, 0) is 0 Å². The Morgan fingerprint density at radius 3 is 1.59 bits per heavy atom. The van der Waals surface area contributed by atoms with E-state index in [-0.39, 0.29) is 35.6 Å². The van der Waals surface area contributed by atoms with Crippen molar-refractivity contribution in [2.45, 2.75) is 0 Å². The van der Waals surface area contributed by atoms with Crippen LogP contribution in [0.1, 0.15) is 0 Å². The van der Waals surface area contributed by atoms with Gasteiger partial charge in [-0.25, -0.2) is 0 Å². The van der Waals surface area contributed by atoms with Crippen LogP contribution in [0.4, 0.5) is 0 Å². The van der Waals surface area contributed by atoms with Crippen LogP contribution in [0, 0.1) is 18.8 Å². The maximum atomic E-state index is 5.90. The van der Waals surface area contributed by atoms with Crippen LogP contribution in [0.2, 0.25) is 0 Å². The second-order valence-corrected chi connectivity index (χ2v) is 6.56. The van der Waals surface area contributed by atoms with Crippen LogP contribution in [0.3, 0.4) is 0 Å². The number of fused-ring (bicyclic) bond motifs is 1. The van der Waals surface area contributed by atoms with Crippen LogP contribution < -0.4 is 9.41 Å². The van der Waals surface area contributed by atoms with Gasteiger partial charge in [0, 0.05) is 22.9 Å². The standard InChI is InChI=1S/C10H5Cl2.2C6H4Cl.Bi.2FH/c11-9-6-10(12)8-5-3-1-2-4-7(8)9;2*7-6-4-2-1-3-5-6;;;/h1-5H;2*2-5H;;2*1H/q;;;+2;;/p-2. The minimum atomic E-state index is 0. The van der Waals surface area contributed by atoms with E-state index in [1.807, 2.05) is 30.4 Å². The fraction of sp³-hybridized carbons (Fsp3) is 0. The van der Waals surface area contributed by atoms with Crippen LogP contribution in [-0.4, -0.2) is 26.2 Å². The van der Waals surface area contributed by atoms with E-state index in [1.165, 1.54) is 0 Å². The normalized spacial score (nSPS) is 17.0. The van der Waals surface area contributed by atoms with Crippen molar-refractivity contribution < 1.29 is 9.41 Å². The molecule has 148 valence electrons. The minimum Gasteiger partial charge on any atom is -1.00 e. The maximum absolute atomic E-state index is 5.90. The van der Waals surface area contributed by atoms with E-state index in [0.29, 0.717) is 10.1 Å². The van der Waals surface area contributed by atoms with Crippen LogP contribution in [0.5, 0.6) is 0 Å². The molecule has 6 radical (unpaired) electrons. The molecule has 0 spiro atoms. The quantitative estimate of drug-likeness (QED) is 0.270. The number of halogens is 6. The summed E-state index contributed by atoms with van der Waals surface area (Å²) in [6.07, 6.45) is 23.9. The Kier molecular flexibility index (Phi) is 17.7. The summed E-state index contributed by atoms with van der Waals surface area (Å²) < 4.78 is 0. The summed E-state index contributed by atoms with van der Waals surface area (Å²) in [5.74, 6) is 0.951. The summed E-state index contributed by atoms with van der Waals surface area (Å²) in [6.45, 7) is 0. The summed E-state index contributed by atoms with van der Waals surface area (Å²) in [7, 11) is 0. The largest absolute Gasteiger partial charge is 2.00 e.